The maximum Gasteiger partial charge on any atom is 0.270 e. The van der Waals surface area contributed by atoms with Crippen LogP contribution in [0.25, 0.3) is 11.6 Å². The monoisotopic (exact) mass is 482 g/mol. The molecule has 0 aromatic heterocycles. The van der Waals surface area contributed by atoms with Crippen molar-refractivity contribution in [2.45, 2.75) is 6.61 Å². The van der Waals surface area contributed by atoms with Gasteiger partial charge in [0.2, 0.25) is 0 Å². The van der Waals surface area contributed by atoms with E-state index >= 15 is 0 Å². The summed E-state index contributed by atoms with van der Waals surface area (Å²) in [5.74, 6) is 0.760. The lowest BCUT2D eigenvalue weighted by Crippen LogP contribution is -1.97. The molecule has 0 fully saturated rings. The van der Waals surface area contributed by atoms with Crippen LogP contribution in [-0.2, 0) is 6.61 Å². The number of hydrogen-bond acceptors (Lipinski definition) is 4. The lowest BCUT2D eigenvalue weighted by Gasteiger charge is -2.09. The van der Waals surface area contributed by atoms with Gasteiger partial charge in [0.15, 0.2) is 0 Å². The molecule has 0 aliphatic rings. The van der Waals surface area contributed by atoms with E-state index in [0.717, 1.165) is 20.4 Å². The Bertz CT molecular complexity index is 1070. The van der Waals surface area contributed by atoms with E-state index in [1.807, 2.05) is 48.5 Å². The summed E-state index contributed by atoms with van der Waals surface area (Å²) < 4.78 is 6.78. The Morgan fingerprint density at radius 3 is 2.57 bits per heavy atom. The first-order valence-electron chi connectivity index (χ1n) is 8.40. The SMILES string of the molecule is N#C/C(=C/c1ccc(OCc2ccccc2)c(I)c1)c1cccc([N+](=O)[O-])c1. The average Bonchev–Trinajstić information content (AvgIpc) is 2.72. The topological polar surface area (TPSA) is 76.2 Å². The Balaban J connectivity index is 1.81. The Morgan fingerprint density at radius 2 is 1.89 bits per heavy atom. The summed E-state index contributed by atoms with van der Waals surface area (Å²) in [5.41, 5.74) is 2.73. The van der Waals surface area contributed by atoms with Crippen LogP contribution in [0.2, 0.25) is 0 Å². The second-order valence-electron chi connectivity index (χ2n) is 5.94. The van der Waals surface area contributed by atoms with Gasteiger partial charge in [0.1, 0.15) is 12.4 Å². The minimum absolute atomic E-state index is 0.0436. The molecule has 3 aromatic carbocycles. The summed E-state index contributed by atoms with van der Waals surface area (Å²) in [7, 11) is 0. The van der Waals surface area contributed by atoms with Crippen LogP contribution in [0, 0.1) is 25.0 Å². The van der Waals surface area contributed by atoms with E-state index in [0.29, 0.717) is 17.7 Å². The van der Waals surface area contributed by atoms with Gasteiger partial charge in [-0.25, -0.2) is 0 Å². The van der Waals surface area contributed by atoms with Gasteiger partial charge in [-0.05, 0) is 57.5 Å². The van der Waals surface area contributed by atoms with Crippen LogP contribution < -0.4 is 4.74 Å². The molecule has 0 atom stereocenters. The zero-order valence-electron chi connectivity index (χ0n) is 14.7. The summed E-state index contributed by atoms with van der Waals surface area (Å²) in [5, 5.41) is 20.4. The molecule has 0 saturated heterocycles. The van der Waals surface area contributed by atoms with Crippen LogP contribution >= 0.6 is 22.6 Å². The van der Waals surface area contributed by atoms with Gasteiger partial charge in [-0.2, -0.15) is 5.26 Å². The van der Waals surface area contributed by atoms with E-state index in [1.54, 1.807) is 18.2 Å². The third-order valence-electron chi connectivity index (χ3n) is 3.99. The van der Waals surface area contributed by atoms with E-state index in [-0.39, 0.29) is 5.69 Å². The maximum atomic E-state index is 11.0. The molecule has 0 aliphatic carbocycles. The number of ether oxygens (including phenoxy) is 1. The molecule has 0 radical (unpaired) electrons. The number of allylic oxidation sites excluding steroid dienone is 1. The number of nitrogens with zero attached hydrogens (tertiary/aromatic N) is 2. The largest absolute Gasteiger partial charge is 0.488 e. The van der Waals surface area contributed by atoms with E-state index in [4.69, 9.17) is 4.74 Å². The van der Waals surface area contributed by atoms with Gasteiger partial charge >= 0.3 is 0 Å². The third kappa shape index (κ3) is 4.96. The summed E-state index contributed by atoms with van der Waals surface area (Å²) >= 11 is 2.19. The standard InChI is InChI=1S/C22H15IN2O3/c23-21-12-17(9-10-22(21)28-15-16-5-2-1-3-6-16)11-19(14-24)18-7-4-8-20(13-18)25(26)27/h1-13H,15H2/b19-11-. The maximum absolute atomic E-state index is 11.0. The molecular formula is C22H15IN2O3. The minimum Gasteiger partial charge on any atom is -0.488 e. The first-order valence-corrected chi connectivity index (χ1v) is 9.47. The molecule has 0 heterocycles. The van der Waals surface area contributed by atoms with E-state index in [2.05, 4.69) is 28.7 Å². The second-order valence-corrected chi connectivity index (χ2v) is 7.10. The number of rotatable bonds is 6. The Kier molecular flexibility index (Phi) is 6.40. The summed E-state index contributed by atoms with van der Waals surface area (Å²) in [6.45, 7) is 0.475. The molecule has 0 spiro atoms. The lowest BCUT2D eigenvalue weighted by atomic mass is 10.0. The molecule has 0 saturated carbocycles. The highest BCUT2D eigenvalue weighted by Crippen LogP contribution is 2.26. The molecule has 5 nitrogen and oxygen atoms in total. The number of benzene rings is 3. The summed E-state index contributed by atoms with van der Waals surface area (Å²) in [6, 6.07) is 23.7. The number of nitro benzene ring substituents is 1. The van der Waals surface area contributed by atoms with Crippen molar-refractivity contribution in [3.05, 3.63) is 103 Å². The van der Waals surface area contributed by atoms with Crippen molar-refractivity contribution in [1.29, 1.82) is 5.26 Å². The number of non-ortho nitro benzene ring substituents is 1. The highest BCUT2D eigenvalue weighted by Gasteiger charge is 2.09. The molecule has 0 bridgehead atoms. The molecule has 0 N–H and O–H groups in total. The van der Waals surface area contributed by atoms with Crippen molar-refractivity contribution in [1.82, 2.24) is 0 Å². The average molecular weight is 482 g/mol. The zero-order valence-corrected chi connectivity index (χ0v) is 16.9. The summed E-state index contributed by atoms with van der Waals surface area (Å²) in [4.78, 5) is 10.5. The van der Waals surface area contributed by atoms with Crippen LogP contribution in [0.3, 0.4) is 0 Å². The van der Waals surface area contributed by atoms with Crippen molar-refractivity contribution in [2.75, 3.05) is 0 Å². The smallest absolute Gasteiger partial charge is 0.270 e. The molecule has 0 unspecified atom stereocenters. The zero-order chi connectivity index (χ0) is 19.9. The van der Waals surface area contributed by atoms with Crippen LogP contribution in [0.5, 0.6) is 5.75 Å². The first kappa shape index (κ1) is 19.6. The predicted octanol–water partition coefficient (Wildman–Crippen LogP) is 5.84. The van der Waals surface area contributed by atoms with Crippen molar-refractivity contribution in [2.24, 2.45) is 0 Å². The Morgan fingerprint density at radius 1 is 1.11 bits per heavy atom. The minimum atomic E-state index is -0.472. The van der Waals surface area contributed by atoms with Crippen LogP contribution in [0.4, 0.5) is 5.69 Å². The third-order valence-corrected chi connectivity index (χ3v) is 4.84. The van der Waals surface area contributed by atoms with Crippen molar-refractivity contribution in [3.63, 3.8) is 0 Å². The molecule has 3 rings (SSSR count). The lowest BCUT2D eigenvalue weighted by molar-refractivity contribution is -0.384. The van der Waals surface area contributed by atoms with Crippen molar-refractivity contribution >= 4 is 39.9 Å². The molecule has 0 aliphatic heterocycles. The van der Waals surface area contributed by atoms with E-state index < -0.39 is 4.92 Å². The van der Waals surface area contributed by atoms with E-state index in [9.17, 15) is 15.4 Å². The molecular weight excluding hydrogens is 467 g/mol. The van der Waals surface area contributed by atoms with Gasteiger partial charge in [-0.15, -0.1) is 0 Å². The van der Waals surface area contributed by atoms with Gasteiger partial charge < -0.3 is 4.74 Å². The molecule has 28 heavy (non-hydrogen) atoms. The van der Waals surface area contributed by atoms with Gasteiger partial charge in [-0.1, -0.05) is 48.5 Å². The van der Waals surface area contributed by atoms with E-state index in [1.165, 1.54) is 12.1 Å². The molecule has 6 heteroatoms. The van der Waals surface area contributed by atoms with Gasteiger partial charge in [0, 0.05) is 12.1 Å². The number of nitro groups is 1. The van der Waals surface area contributed by atoms with Gasteiger partial charge in [-0.3, -0.25) is 10.1 Å². The fraction of sp³-hybridized carbons (Fsp3) is 0.0455. The summed E-state index contributed by atoms with van der Waals surface area (Å²) in [6.07, 6.45) is 1.71. The Labute approximate surface area is 176 Å². The van der Waals surface area contributed by atoms with Crippen LogP contribution in [0.15, 0.2) is 72.8 Å². The van der Waals surface area contributed by atoms with Crippen molar-refractivity contribution < 1.29 is 9.66 Å². The normalized spacial score (nSPS) is 10.9. The van der Waals surface area contributed by atoms with Crippen molar-refractivity contribution in [3.8, 4) is 11.8 Å². The van der Waals surface area contributed by atoms with Gasteiger partial charge in [0.25, 0.3) is 5.69 Å². The molecule has 3 aromatic rings. The highest BCUT2D eigenvalue weighted by atomic mass is 127. The fourth-order valence-electron chi connectivity index (χ4n) is 2.59. The number of hydrogen-bond donors (Lipinski definition) is 0. The fourth-order valence-corrected chi connectivity index (χ4v) is 3.29. The first-order chi connectivity index (χ1) is 13.6. The molecule has 0 amide bonds. The quantitative estimate of drug-likeness (QED) is 0.145. The number of halogens is 1. The number of nitriles is 1. The predicted molar refractivity (Wildman–Crippen MR) is 117 cm³/mol. The Hall–Kier alpha value is -3.18. The molecule has 138 valence electrons. The second kappa shape index (κ2) is 9.15. The van der Waals surface area contributed by atoms with Crippen LogP contribution in [-0.4, -0.2) is 4.92 Å². The van der Waals surface area contributed by atoms with Gasteiger partial charge in [0.05, 0.1) is 20.1 Å². The van der Waals surface area contributed by atoms with Crippen LogP contribution in [0.1, 0.15) is 16.7 Å². The highest BCUT2D eigenvalue weighted by molar-refractivity contribution is 14.1.